The summed E-state index contributed by atoms with van der Waals surface area (Å²) < 4.78 is 0. The molecule has 0 unspecified atom stereocenters. The fraction of sp³-hybridized carbons (Fsp3) is 0.636. The van der Waals surface area contributed by atoms with Gasteiger partial charge in [-0.2, -0.15) is 0 Å². The fourth-order valence-corrected chi connectivity index (χ4v) is 1.58. The van der Waals surface area contributed by atoms with Crippen LogP contribution in [0.3, 0.4) is 0 Å². The number of nitrogens with zero attached hydrogens (tertiary/aromatic N) is 1. The van der Waals surface area contributed by atoms with Crippen LogP contribution >= 0.6 is 11.4 Å². The van der Waals surface area contributed by atoms with Crippen molar-refractivity contribution in [1.29, 1.82) is 0 Å². The van der Waals surface area contributed by atoms with E-state index in [2.05, 4.69) is 16.7 Å². The molecule has 0 saturated carbocycles. The van der Waals surface area contributed by atoms with Gasteiger partial charge in [0.05, 0.1) is 13.2 Å². The van der Waals surface area contributed by atoms with Crippen molar-refractivity contribution in [2.24, 2.45) is 4.99 Å². The lowest BCUT2D eigenvalue weighted by Crippen LogP contribution is -2.47. The molecule has 0 saturated heterocycles. The third-order valence-electron chi connectivity index (χ3n) is 2.18. The largest absolute Gasteiger partial charge is 0.394 e. The molecule has 0 aromatic heterocycles. The average molecular weight is 293 g/mol. The number of aliphatic imine (C=N–C) groups is 1. The van der Waals surface area contributed by atoms with E-state index in [-0.39, 0.29) is 11.4 Å². The number of hydrogen-bond acceptors (Lipinski definition) is 7. The highest BCUT2D eigenvalue weighted by Crippen LogP contribution is 2.08. The molecule has 0 radical (unpaired) electrons. The van der Waals surface area contributed by atoms with Crippen LogP contribution in [0.15, 0.2) is 17.6 Å². The highest BCUT2D eigenvalue weighted by atomic mass is 32.1. The van der Waals surface area contributed by atoms with Gasteiger partial charge < -0.3 is 25.5 Å². The zero-order valence-electron chi connectivity index (χ0n) is 10.3. The molecular formula is C11H19NO6S. The zero-order chi connectivity index (χ0) is 14.8. The van der Waals surface area contributed by atoms with Crippen molar-refractivity contribution in [3.05, 3.63) is 12.7 Å². The second-order valence-electron chi connectivity index (χ2n) is 3.69. The molecule has 0 aromatic carbocycles. The topological polar surface area (TPSA) is 131 Å². The lowest BCUT2D eigenvalue weighted by atomic mass is 10.0. The van der Waals surface area contributed by atoms with Crippen LogP contribution in [-0.2, 0) is 4.79 Å². The molecule has 0 rings (SSSR count). The van der Waals surface area contributed by atoms with Crippen LogP contribution in [0.25, 0.3) is 0 Å². The average Bonchev–Trinajstić information content (AvgIpc) is 2.43. The van der Waals surface area contributed by atoms with Crippen molar-refractivity contribution in [3.8, 4) is 0 Å². The van der Waals surface area contributed by atoms with Crippen LogP contribution in [-0.4, -0.2) is 73.4 Å². The first-order valence-electron chi connectivity index (χ1n) is 5.55. The first-order chi connectivity index (χ1) is 8.95. The number of thiol groups is 1. The van der Waals surface area contributed by atoms with Gasteiger partial charge in [0.25, 0.3) is 0 Å². The predicted molar refractivity (Wildman–Crippen MR) is 72.2 cm³/mol. The summed E-state index contributed by atoms with van der Waals surface area (Å²) in [5, 5.41) is 47.4. The fourth-order valence-electron chi connectivity index (χ4n) is 1.03. The lowest BCUT2D eigenvalue weighted by Gasteiger charge is -2.23. The lowest BCUT2D eigenvalue weighted by molar-refractivity contribution is -0.139. The number of hydrogen-bond donors (Lipinski definition) is 6. The van der Waals surface area contributed by atoms with Gasteiger partial charge in [-0.1, -0.05) is 17.4 Å². The van der Waals surface area contributed by atoms with E-state index in [1.54, 1.807) is 6.08 Å². The van der Waals surface area contributed by atoms with Gasteiger partial charge in [0.15, 0.2) is 6.10 Å². The summed E-state index contributed by atoms with van der Waals surface area (Å²) >= 11 is -0.0664. The van der Waals surface area contributed by atoms with E-state index in [0.29, 0.717) is 13.0 Å². The number of isothiocyanates is 1. The Balaban J connectivity index is 4.47. The molecule has 110 valence electrons. The Hall–Kier alpha value is -0.860. The number of carbonyl (C=O) groups excluding carboxylic acids is 1. The van der Waals surface area contributed by atoms with Crippen molar-refractivity contribution >= 4 is 21.6 Å². The zero-order valence-corrected chi connectivity index (χ0v) is 11.1. The second-order valence-corrected chi connectivity index (χ2v) is 4.55. The molecule has 4 atom stereocenters. The Kier molecular flexibility index (Phi) is 9.54. The molecular weight excluding hydrogens is 274 g/mol. The van der Waals surface area contributed by atoms with E-state index in [9.17, 15) is 20.1 Å². The van der Waals surface area contributed by atoms with E-state index in [1.807, 2.05) is 0 Å². The normalized spacial score (nSPS) is 16.9. The molecule has 0 aromatic rings. The highest BCUT2D eigenvalue weighted by Gasteiger charge is 2.33. The molecule has 5 N–H and O–H groups in total. The van der Waals surface area contributed by atoms with Gasteiger partial charge in [-0.25, -0.2) is 4.99 Å². The molecule has 19 heavy (non-hydrogen) atoms. The van der Waals surface area contributed by atoms with Crippen LogP contribution in [0.1, 0.15) is 6.42 Å². The summed E-state index contributed by atoms with van der Waals surface area (Å²) in [7, 11) is 0. The van der Waals surface area contributed by atoms with E-state index >= 15 is 0 Å². The van der Waals surface area contributed by atoms with E-state index in [4.69, 9.17) is 10.2 Å². The number of rotatable bonds is 8. The molecule has 0 aliphatic rings. The molecule has 0 amide bonds. The maximum atomic E-state index is 11.4. The highest BCUT2D eigenvalue weighted by molar-refractivity contribution is 8.11. The van der Waals surface area contributed by atoms with E-state index in [0.717, 1.165) is 0 Å². The maximum absolute atomic E-state index is 11.4. The van der Waals surface area contributed by atoms with E-state index < -0.39 is 36.1 Å². The molecule has 0 aliphatic carbocycles. The number of aliphatic hydroxyl groups is 5. The Morgan fingerprint density at radius 2 is 1.95 bits per heavy atom. The third kappa shape index (κ3) is 6.74. The molecule has 8 heteroatoms. The van der Waals surface area contributed by atoms with Gasteiger partial charge >= 0.3 is 0 Å². The molecule has 7 nitrogen and oxygen atoms in total. The van der Waals surface area contributed by atoms with Crippen LogP contribution in [0.4, 0.5) is 0 Å². The van der Waals surface area contributed by atoms with Crippen LogP contribution in [0.5, 0.6) is 0 Å². The summed E-state index contributed by atoms with van der Waals surface area (Å²) in [6, 6.07) is 0. The minimum atomic E-state index is -1.89. The SMILES string of the molecule is C=CCCN=C=[SH]C(=O)[C@H](O)[C@@H](O)[C@H](O)[C@H](O)CO. The van der Waals surface area contributed by atoms with Gasteiger partial charge in [0, 0.05) is 5.16 Å². The quantitative estimate of drug-likeness (QED) is 0.0999. The maximum Gasteiger partial charge on any atom is 0.220 e. The van der Waals surface area contributed by atoms with Crippen LogP contribution in [0.2, 0.25) is 0 Å². The number of aliphatic hydroxyl groups excluding tert-OH is 5. The van der Waals surface area contributed by atoms with Gasteiger partial charge in [-0.3, -0.25) is 4.79 Å². The van der Waals surface area contributed by atoms with Crippen molar-refractivity contribution in [3.63, 3.8) is 0 Å². The molecule has 0 spiro atoms. The second kappa shape index (κ2) is 9.99. The molecule has 0 heterocycles. The Morgan fingerprint density at radius 1 is 1.32 bits per heavy atom. The van der Waals surface area contributed by atoms with Crippen LogP contribution in [0, 0.1) is 0 Å². The Bertz CT molecular complexity index is 355. The summed E-state index contributed by atoms with van der Waals surface area (Å²) in [6.45, 7) is 3.10. The Labute approximate surface area is 114 Å². The first kappa shape index (κ1) is 18.1. The smallest absolute Gasteiger partial charge is 0.220 e. The van der Waals surface area contributed by atoms with Crippen molar-refractivity contribution < 1.29 is 30.3 Å². The predicted octanol–water partition coefficient (Wildman–Crippen LogP) is -2.10. The van der Waals surface area contributed by atoms with E-state index in [1.165, 1.54) is 0 Å². The third-order valence-corrected chi connectivity index (χ3v) is 2.91. The monoisotopic (exact) mass is 293 g/mol. The minimum Gasteiger partial charge on any atom is -0.394 e. The van der Waals surface area contributed by atoms with Gasteiger partial charge in [-0.15, -0.1) is 6.58 Å². The summed E-state index contributed by atoms with van der Waals surface area (Å²) in [6.07, 6.45) is -4.97. The van der Waals surface area contributed by atoms with Crippen molar-refractivity contribution in [1.82, 2.24) is 0 Å². The standard InChI is InChI=1S/C11H19NO6S/c1-2-3-4-12-6-19-11(18)10(17)9(16)8(15)7(14)5-13/h2,7-10,13-17,19H,1,3-5H2/t7-,8-,9+,10-/m1/s1. The summed E-state index contributed by atoms with van der Waals surface area (Å²) in [5.41, 5.74) is 0. The number of carbonyl (C=O) groups is 1. The van der Waals surface area contributed by atoms with Gasteiger partial charge in [-0.05, 0) is 6.42 Å². The summed E-state index contributed by atoms with van der Waals surface area (Å²) in [5.74, 6) is 0. The summed E-state index contributed by atoms with van der Waals surface area (Å²) in [4.78, 5) is 15.2. The van der Waals surface area contributed by atoms with Crippen LogP contribution < -0.4 is 0 Å². The van der Waals surface area contributed by atoms with Gasteiger partial charge in [0.2, 0.25) is 5.12 Å². The Morgan fingerprint density at radius 3 is 2.47 bits per heavy atom. The van der Waals surface area contributed by atoms with Gasteiger partial charge in [0.1, 0.15) is 18.3 Å². The molecule has 0 fully saturated rings. The van der Waals surface area contributed by atoms with Crippen molar-refractivity contribution in [2.45, 2.75) is 30.8 Å². The molecule has 0 bridgehead atoms. The van der Waals surface area contributed by atoms with Crippen molar-refractivity contribution in [2.75, 3.05) is 13.2 Å². The minimum absolute atomic E-state index is 0.0664. The molecule has 0 aliphatic heterocycles. The first-order valence-corrected chi connectivity index (χ1v) is 6.45.